The number of carbonyl (C=O) groups is 1. The Balaban J connectivity index is 1.91. The first kappa shape index (κ1) is 13.2. The maximum absolute atomic E-state index is 11.2. The standard InChI is InChI=1S/C14H10BrN3OS/c15-12-3-1-10(2-4-12)7-18-8-11(9-19)13(17-18)14-16-5-6-20-14/h1-6,8-9H,7H2. The summed E-state index contributed by atoms with van der Waals surface area (Å²) in [6, 6.07) is 8.02. The second kappa shape index (κ2) is 5.68. The SMILES string of the molecule is O=Cc1cn(Cc2ccc(Br)cc2)nc1-c1nccs1. The molecule has 20 heavy (non-hydrogen) atoms. The van der Waals surface area contributed by atoms with Crippen LogP contribution in [0.3, 0.4) is 0 Å². The molecule has 0 atom stereocenters. The lowest BCUT2D eigenvalue weighted by Crippen LogP contribution is -2.00. The fourth-order valence-corrected chi connectivity index (χ4v) is 2.79. The molecule has 0 radical (unpaired) electrons. The molecular formula is C14H10BrN3OS. The maximum atomic E-state index is 11.2. The van der Waals surface area contributed by atoms with Crippen molar-refractivity contribution < 1.29 is 4.79 Å². The van der Waals surface area contributed by atoms with E-state index in [2.05, 4.69) is 26.0 Å². The minimum Gasteiger partial charge on any atom is -0.298 e. The van der Waals surface area contributed by atoms with Crippen molar-refractivity contribution in [1.29, 1.82) is 0 Å². The molecule has 4 nitrogen and oxygen atoms in total. The molecule has 0 saturated carbocycles. The Morgan fingerprint density at radius 3 is 2.75 bits per heavy atom. The molecule has 0 aliphatic carbocycles. The molecule has 0 aliphatic rings. The summed E-state index contributed by atoms with van der Waals surface area (Å²) < 4.78 is 2.81. The van der Waals surface area contributed by atoms with Crippen LogP contribution < -0.4 is 0 Å². The van der Waals surface area contributed by atoms with Gasteiger partial charge in [-0.3, -0.25) is 9.48 Å². The number of rotatable bonds is 4. The van der Waals surface area contributed by atoms with E-state index < -0.39 is 0 Å². The number of halogens is 1. The molecule has 3 aromatic rings. The first-order chi connectivity index (χ1) is 9.76. The highest BCUT2D eigenvalue weighted by Crippen LogP contribution is 2.23. The third-order valence-electron chi connectivity index (χ3n) is 2.81. The van der Waals surface area contributed by atoms with Gasteiger partial charge >= 0.3 is 0 Å². The van der Waals surface area contributed by atoms with E-state index in [4.69, 9.17) is 0 Å². The Bertz CT molecular complexity index is 719. The molecule has 2 aromatic heterocycles. The highest BCUT2D eigenvalue weighted by molar-refractivity contribution is 9.10. The Hall–Kier alpha value is -1.79. The summed E-state index contributed by atoms with van der Waals surface area (Å²) in [5.41, 5.74) is 2.34. The van der Waals surface area contributed by atoms with Gasteiger partial charge in [0, 0.05) is 22.2 Å². The molecule has 0 unspecified atom stereocenters. The average molecular weight is 348 g/mol. The summed E-state index contributed by atoms with van der Waals surface area (Å²) in [6.07, 6.45) is 4.29. The van der Waals surface area contributed by atoms with Crippen LogP contribution in [0, 0.1) is 0 Å². The van der Waals surface area contributed by atoms with Gasteiger partial charge in [0.25, 0.3) is 0 Å². The second-order valence-electron chi connectivity index (χ2n) is 4.21. The summed E-state index contributed by atoms with van der Waals surface area (Å²) in [6.45, 7) is 0.624. The molecule has 1 aromatic carbocycles. The van der Waals surface area contributed by atoms with Crippen molar-refractivity contribution in [2.45, 2.75) is 6.54 Å². The normalized spacial score (nSPS) is 10.7. The van der Waals surface area contributed by atoms with E-state index in [-0.39, 0.29) is 0 Å². The molecule has 0 spiro atoms. The van der Waals surface area contributed by atoms with Crippen molar-refractivity contribution in [2.24, 2.45) is 0 Å². The zero-order valence-electron chi connectivity index (χ0n) is 10.4. The van der Waals surface area contributed by atoms with Gasteiger partial charge in [-0.15, -0.1) is 11.3 Å². The van der Waals surface area contributed by atoms with Crippen LogP contribution >= 0.6 is 27.3 Å². The number of hydrogen-bond donors (Lipinski definition) is 0. The van der Waals surface area contributed by atoms with Gasteiger partial charge in [0.1, 0.15) is 10.7 Å². The Kier molecular flexibility index (Phi) is 3.75. The van der Waals surface area contributed by atoms with Crippen LogP contribution in [0.4, 0.5) is 0 Å². The van der Waals surface area contributed by atoms with Gasteiger partial charge in [-0.05, 0) is 17.7 Å². The van der Waals surface area contributed by atoms with Crippen LogP contribution in [0.2, 0.25) is 0 Å². The predicted octanol–water partition coefficient (Wildman–Crippen LogP) is 3.63. The average Bonchev–Trinajstić information content (AvgIpc) is 3.10. The van der Waals surface area contributed by atoms with Gasteiger partial charge in [-0.25, -0.2) is 4.98 Å². The molecule has 3 rings (SSSR count). The van der Waals surface area contributed by atoms with Crippen molar-refractivity contribution in [3.63, 3.8) is 0 Å². The molecule has 2 heterocycles. The minimum absolute atomic E-state index is 0.567. The van der Waals surface area contributed by atoms with Crippen molar-refractivity contribution >= 4 is 33.6 Å². The molecule has 6 heteroatoms. The number of hydrogen-bond acceptors (Lipinski definition) is 4. The van der Waals surface area contributed by atoms with Gasteiger partial charge in [0.2, 0.25) is 0 Å². The van der Waals surface area contributed by atoms with Crippen LogP contribution in [0.5, 0.6) is 0 Å². The lowest BCUT2D eigenvalue weighted by molar-refractivity contribution is 0.112. The monoisotopic (exact) mass is 347 g/mol. The highest BCUT2D eigenvalue weighted by Gasteiger charge is 2.12. The molecule has 0 amide bonds. The zero-order valence-corrected chi connectivity index (χ0v) is 12.8. The summed E-state index contributed by atoms with van der Waals surface area (Å²) in [5, 5.41) is 7.10. The largest absolute Gasteiger partial charge is 0.298 e. The van der Waals surface area contributed by atoms with E-state index in [0.29, 0.717) is 17.8 Å². The summed E-state index contributed by atoms with van der Waals surface area (Å²) in [5.74, 6) is 0. The molecule has 0 saturated heterocycles. The Morgan fingerprint density at radius 2 is 2.10 bits per heavy atom. The number of thiazole rings is 1. The first-order valence-corrected chi connectivity index (χ1v) is 7.60. The van der Waals surface area contributed by atoms with E-state index in [1.165, 1.54) is 11.3 Å². The molecule has 100 valence electrons. The van der Waals surface area contributed by atoms with E-state index in [1.807, 2.05) is 29.6 Å². The van der Waals surface area contributed by atoms with E-state index in [0.717, 1.165) is 21.3 Å². The topological polar surface area (TPSA) is 47.8 Å². The lowest BCUT2D eigenvalue weighted by atomic mass is 10.2. The molecule has 0 fully saturated rings. The fraction of sp³-hybridized carbons (Fsp3) is 0.0714. The first-order valence-electron chi connectivity index (χ1n) is 5.93. The van der Waals surface area contributed by atoms with Gasteiger partial charge in [0.15, 0.2) is 6.29 Å². The van der Waals surface area contributed by atoms with Gasteiger partial charge in [0.05, 0.1) is 12.1 Å². The van der Waals surface area contributed by atoms with Crippen LogP contribution in [0.25, 0.3) is 10.7 Å². The number of benzene rings is 1. The van der Waals surface area contributed by atoms with Crippen LogP contribution in [0.1, 0.15) is 15.9 Å². The Morgan fingerprint density at radius 1 is 1.30 bits per heavy atom. The predicted molar refractivity (Wildman–Crippen MR) is 82.0 cm³/mol. The minimum atomic E-state index is 0.567. The lowest BCUT2D eigenvalue weighted by Gasteiger charge is -2.01. The van der Waals surface area contributed by atoms with E-state index in [1.54, 1.807) is 17.1 Å². The van der Waals surface area contributed by atoms with Crippen molar-refractivity contribution in [2.75, 3.05) is 0 Å². The van der Waals surface area contributed by atoms with Gasteiger partial charge in [-0.2, -0.15) is 5.10 Å². The smallest absolute Gasteiger partial charge is 0.153 e. The number of nitrogens with zero attached hydrogens (tertiary/aromatic N) is 3. The summed E-state index contributed by atoms with van der Waals surface area (Å²) in [4.78, 5) is 15.4. The molecule has 0 N–H and O–H groups in total. The Labute approximate surface area is 128 Å². The fourth-order valence-electron chi connectivity index (χ4n) is 1.89. The molecule has 0 aliphatic heterocycles. The quantitative estimate of drug-likeness (QED) is 0.677. The van der Waals surface area contributed by atoms with Gasteiger partial charge in [-0.1, -0.05) is 28.1 Å². The van der Waals surface area contributed by atoms with Crippen LogP contribution in [-0.2, 0) is 6.54 Å². The van der Waals surface area contributed by atoms with Gasteiger partial charge < -0.3 is 0 Å². The number of carbonyl (C=O) groups excluding carboxylic acids is 1. The van der Waals surface area contributed by atoms with E-state index in [9.17, 15) is 4.79 Å². The zero-order chi connectivity index (χ0) is 13.9. The number of aldehydes is 1. The second-order valence-corrected chi connectivity index (χ2v) is 6.02. The van der Waals surface area contributed by atoms with Crippen molar-refractivity contribution in [3.05, 3.63) is 57.6 Å². The van der Waals surface area contributed by atoms with Crippen LogP contribution in [-0.4, -0.2) is 21.1 Å². The summed E-state index contributed by atoms with van der Waals surface area (Å²) in [7, 11) is 0. The van der Waals surface area contributed by atoms with Crippen LogP contribution in [0.15, 0.2) is 46.5 Å². The molecular weight excluding hydrogens is 338 g/mol. The van der Waals surface area contributed by atoms with E-state index >= 15 is 0 Å². The van der Waals surface area contributed by atoms with Crippen molar-refractivity contribution in [1.82, 2.24) is 14.8 Å². The third kappa shape index (κ3) is 2.71. The number of aromatic nitrogens is 3. The maximum Gasteiger partial charge on any atom is 0.153 e. The molecule has 0 bridgehead atoms. The summed E-state index contributed by atoms with van der Waals surface area (Å²) >= 11 is 4.88. The third-order valence-corrected chi connectivity index (χ3v) is 4.12. The highest BCUT2D eigenvalue weighted by atomic mass is 79.9. The van der Waals surface area contributed by atoms with Crippen molar-refractivity contribution in [3.8, 4) is 10.7 Å².